The first-order valence-electron chi connectivity index (χ1n) is 11.5. The van der Waals surface area contributed by atoms with E-state index in [0.717, 1.165) is 16.5 Å². The number of rotatable bonds is 15. The molecule has 0 spiro atoms. The van der Waals surface area contributed by atoms with Crippen LogP contribution in [0.1, 0.15) is 24.8 Å². The average Bonchev–Trinajstić information content (AvgIpc) is 3.26. The van der Waals surface area contributed by atoms with Gasteiger partial charge in [-0.15, -0.1) is 0 Å². The van der Waals surface area contributed by atoms with E-state index in [0.29, 0.717) is 0 Å². The Morgan fingerprint density at radius 1 is 0.921 bits per heavy atom. The lowest BCUT2D eigenvalue weighted by atomic mass is 10.0. The number of nitrogens with two attached hydrogens (primary N) is 2. The van der Waals surface area contributed by atoms with E-state index in [1.807, 2.05) is 29.6 Å². The second-order valence-corrected chi connectivity index (χ2v) is 8.84. The molecule has 0 radical (unpaired) electrons. The second kappa shape index (κ2) is 14.0. The summed E-state index contributed by atoms with van der Waals surface area (Å²) in [5.74, 6) is -6.62. The normalized spacial score (nSPS) is 14.1. The lowest BCUT2D eigenvalue weighted by molar-refractivity contribution is -0.147. The number of aliphatic carboxylic acids is 2. The summed E-state index contributed by atoms with van der Waals surface area (Å²) in [5.41, 5.74) is 12.8. The number of carboxylic acid groups (broad SMARTS) is 2. The number of hydrogen-bond donors (Lipinski definition) is 9. The maximum atomic E-state index is 12.9. The number of nitrogens with one attached hydrogen (secondary N) is 4. The van der Waals surface area contributed by atoms with Crippen LogP contribution >= 0.6 is 12.6 Å². The van der Waals surface area contributed by atoms with Crippen molar-refractivity contribution in [1.29, 1.82) is 0 Å². The molecule has 0 aliphatic rings. The Balaban J connectivity index is 2.07. The van der Waals surface area contributed by atoms with Gasteiger partial charge in [0, 0.05) is 29.3 Å². The molecule has 1 aromatic heterocycles. The highest BCUT2D eigenvalue weighted by Crippen LogP contribution is 2.18. The summed E-state index contributed by atoms with van der Waals surface area (Å²) in [6.07, 6.45) is 0.334. The molecule has 1 heterocycles. The zero-order valence-electron chi connectivity index (χ0n) is 20.2. The maximum Gasteiger partial charge on any atom is 0.326 e. The van der Waals surface area contributed by atoms with E-state index < -0.39 is 66.2 Å². The van der Waals surface area contributed by atoms with E-state index in [1.54, 1.807) is 6.20 Å². The smallest absolute Gasteiger partial charge is 0.326 e. The van der Waals surface area contributed by atoms with Crippen molar-refractivity contribution < 1.29 is 39.0 Å². The number of benzene rings is 1. The molecular weight excluding hydrogens is 520 g/mol. The van der Waals surface area contributed by atoms with Crippen LogP contribution in [0.15, 0.2) is 30.5 Å². The monoisotopic (exact) mass is 550 g/mol. The van der Waals surface area contributed by atoms with Gasteiger partial charge in [-0.3, -0.25) is 24.0 Å². The Morgan fingerprint density at radius 3 is 2.13 bits per heavy atom. The number of amides is 4. The number of carbonyl (C=O) groups excluding carboxylic acids is 4. The van der Waals surface area contributed by atoms with Crippen molar-refractivity contribution in [2.45, 2.75) is 49.9 Å². The molecule has 0 fully saturated rings. The highest BCUT2D eigenvalue weighted by Gasteiger charge is 2.31. The largest absolute Gasteiger partial charge is 0.481 e. The topological polar surface area (TPSA) is 247 Å². The standard InChI is InChI=1S/C23H30N6O8S/c24-13(7-11-9-26-14-4-2-1-3-12(11)14)20(33)29-17(10-38)22(35)27-15(5-6-18(25)30)21(34)28-16(23(36)37)8-19(31)32/h1-4,9,13,15-17,26,38H,5-8,10,24H2,(H2,25,30)(H,27,35)(H,28,34)(H,29,33)(H,31,32)(H,36,37). The van der Waals surface area contributed by atoms with Crippen molar-refractivity contribution in [3.8, 4) is 0 Å². The van der Waals surface area contributed by atoms with Crippen molar-refractivity contribution in [2.24, 2.45) is 11.5 Å². The highest BCUT2D eigenvalue weighted by atomic mass is 32.1. The molecule has 2 rings (SSSR count). The van der Waals surface area contributed by atoms with Crippen LogP contribution < -0.4 is 27.4 Å². The van der Waals surface area contributed by atoms with Crippen LogP contribution in [-0.2, 0) is 35.2 Å². The minimum Gasteiger partial charge on any atom is -0.481 e. The Kier molecular flexibility index (Phi) is 11.1. The van der Waals surface area contributed by atoms with Gasteiger partial charge in [-0.25, -0.2) is 4.79 Å². The SMILES string of the molecule is NC(=O)CCC(NC(=O)C(CS)NC(=O)C(N)Cc1c[nH]c2ccccc12)C(=O)NC(CC(=O)O)C(=O)O. The van der Waals surface area contributed by atoms with Crippen molar-refractivity contribution in [3.63, 3.8) is 0 Å². The van der Waals surface area contributed by atoms with Crippen molar-refractivity contribution in [1.82, 2.24) is 20.9 Å². The fourth-order valence-electron chi connectivity index (χ4n) is 3.58. The third kappa shape index (κ3) is 8.77. The van der Waals surface area contributed by atoms with Gasteiger partial charge < -0.3 is 42.6 Å². The molecule has 0 aliphatic carbocycles. The number of carboxylic acids is 2. The molecule has 10 N–H and O–H groups in total. The van der Waals surface area contributed by atoms with Gasteiger partial charge in [0.15, 0.2) is 0 Å². The van der Waals surface area contributed by atoms with E-state index in [9.17, 15) is 28.8 Å². The molecule has 2 aromatic rings. The van der Waals surface area contributed by atoms with Gasteiger partial charge in [0.2, 0.25) is 23.6 Å². The van der Waals surface area contributed by atoms with Gasteiger partial charge in [-0.05, 0) is 24.5 Å². The number of H-pyrrole nitrogens is 1. The Morgan fingerprint density at radius 2 is 1.53 bits per heavy atom. The van der Waals surface area contributed by atoms with E-state index >= 15 is 0 Å². The first-order valence-corrected chi connectivity index (χ1v) is 12.1. The molecule has 15 heteroatoms. The molecular formula is C23H30N6O8S. The first-order chi connectivity index (χ1) is 17.9. The van der Waals surface area contributed by atoms with Gasteiger partial charge in [-0.2, -0.15) is 12.6 Å². The molecule has 4 atom stereocenters. The van der Waals surface area contributed by atoms with Crippen LogP contribution in [0, 0.1) is 0 Å². The zero-order chi connectivity index (χ0) is 28.4. The lowest BCUT2D eigenvalue weighted by Gasteiger charge is -2.24. The Labute approximate surface area is 222 Å². The molecule has 1 aromatic carbocycles. The van der Waals surface area contributed by atoms with Crippen LogP contribution in [0.3, 0.4) is 0 Å². The van der Waals surface area contributed by atoms with Gasteiger partial charge in [0.25, 0.3) is 0 Å². The summed E-state index contributed by atoms with van der Waals surface area (Å²) in [4.78, 5) is 74.7. The predicted octanol–water partition coefficient (Wildman–Crippen LogP) is -1.75. The van der Waals surface area contributed by atoms with Crippen LogP contribution in [0.5, 0.6) is 0 Å². The summed E-state index contributed by atoms with van der Waals surface area (Å²) in [7, 11) is 0. The minimum atomic E-state index is -1.78. The van der Waals surface area contributed by atoms with E-state index in [2.05, 4.69) is 28.2 Å². The highest BCUT2D eigenvalue weighted by molar-refractivity contribution is 7.80. The fraction of sp³-hybridized carbons (Fsp3) is 0.391. The number of aromatic nitrogens is 1. The third-order valence-corrected chi connectivity index (χ3v) is 5.94. The van der Waals surface area contributed by atoms with Gasteiger partial charge >= 0.3 is 11.9 Å². The number of thiol groups is 1. The van der Waals surface area contributed by atoms with Crippen molar-refractivity contribution in [2.75, 3.05) is 5.75 Å². The van der Waals surface area contributed by atoms with Gasteiger partial charge in [0.05, 0.1) is 12.5 Å². The summed E-state index contributed by atoms with van der Waals surface area (Å²) in [5, 5.41) is 25.7. The number of fused-ring (bicyclic) bond motifs is 1. The maximum absolute atomic E-state index is 12.9. The van der Waals surface area contributed by atoms with Crippen LogP contribution in [-0.4, -0.2) is 80.7 Å². The summed E-state index contributed by atoms with van der Waals surface area (Å²) in [6, 6.07) is 1.95. The Hall–Kier alpha value is -4.11. The van der Waals surface area contributed by atoms with Crippen LogP contribution in [0.2, 0.25) is 0 Å². The second-order valence-electron chi connectivity index (χ2n) is 8.48. The van der Waals surface area contributed by atoms with E-state index in [-0.39, 0.29) is 25.0 Å². The number of para-hydroxylation sites is 1. The molecule has 4 unspecified atom stereocenters. The van der Waals surface area contributed by atoms with Crippen molar-refractivity contribution >= 4 is 59.1 Å². The minimum absolute atomic E-state index is 0.167. The quantitative estimate of drug-likeness (QED) is 0.114. The molecule has 38 heavy (non-hydrogen) atoms. The number of primary amides is 1. The van der Waals surface area contributed by atoms with Gasteiger partial charge in [-0.1, -0.05) is 18.2 Å². The number of carbonyl (C=O) groups is 6. The molecule has 206 valence electrons. The average molecular weight is 551 g/mol. The third-order valence-electron chi connectivity index (χ3n) is 5.57. The number of hydrogen-bond acceptors (Lipinski definition) is 8. The first kappa shape index (κ1) is 30.1. The number of aromatic amines is 1. The molecule has 0 saturated heterocycles. The van der Waals surface area contributed by atoms with E-state index in [4.69, 9.17) is 21.7 Å². The predicted molar refractivity (Wildman–Crippen MR) is 138 cm³/mol. The van der Waals surface area contributed by atoms with E-state index in [1.165, 1.54) is 0 Å². The summed E-state index contributed by atoms with van der Waals surface area (Å²) >= 11 is 4.08. The van der Waals surface area contributed by atoms with Crippen LogP contribution in [0.4, 0.5) is 0 Å². The van der Waals surface area contributed by atoms with Crippen molar-refractivity contribution in [3.05, 3.63) is 36.0 Å². The molecule has 4 amide bonds. The summed E-state index contributed by atoms with van der Waals surface area (Å²) in [6.45, 7) is 0. The molecule has 0 bridgehead atoms. The Bertz CT molecular complexity index is 1200. The lowest BCUT2D eigenvalue weighted by Crippen LogP contribution is -2.58. The molecule has 0 aliphatic heterocycles. The molecule has 0 saturated carbocycles. The zero-order valence-corrected chi connectivity index (χ0v) is 21.1. The summed E-state index contributed by atoms with van der Waals surface area (Å²) < 4.78 is 0. The molecule has 14 nitrogen and oxygen atoms in total. The van der Waals surface area contributed by atoms with Gasteiger partial charge in [0.1, 0.15) is 18.1 Å². The van der Waals surface area contributed by atoms with Crippen LogP contribution in [0.25, 0.3) is 10.9 Å². The fourth-order valence-corrected chi connectivity index (χ4v) is 3.83.